The Morgan fingerprint density at radius 3 is 2.47 bits per heavy atom. The summed E-state index contributed by atoms with van der Waals surface area (Å²) in [4.78, 5) is 10.9. The molecule has 78 valence electrons. The molecule has 0 fully saturated rings. The summed E-state index contributed by atoms with van der Waals surface area (Å²) >= 11 is 0. The number of benzene rings is 1. The monoisotopic (exact) mass is 224 g/mol. The Labute approximate surface area is 87.4 Å². The fourth-order valence-corrected chi connectivity index (χ4v) is 1.92. The van der Waals surface area contributed by atoms with Crippen LogP contribution in [-0.4, -0.2) is 14.3 Å². The van der Waals surface area contributed by atoms with Crippen molar-refractivity contribution in [1.82, 2.24) is 4.72 Å². The minimum Gasteiger partial charge on any atom is -0.273 e. The number of rotatable bonds is 3. The number of nitrogens with one attached hydrogen (secondary N) is 1. The molecule has 0 aliphatic rings. The number of carbonyl (C=O) groups is 1. The van der Waals surface area contributed by atoms with Crippen molar-refractivity contribution in [3.8, 4) is 6.07 Å². The van der Waals surface area contributed by atoms with Crippen molar-refractivity contribution in [2.45, 2.75) is 11.3 Å². The third-order valence-electron chi connectivity index (χ3n) is 1.54. The third-order valence-corrected chi connectivity index (χ3v) is 2.93. The van der Waals surface area contributed by atoms with Crippen LogP contribution in [0.15, 0.2) is 35.2 Å². The van der Waals surface area contributed by atoms with Crippen LogP contribution in [0.1, 0.15) is 6.42 Å². The van der Waals surface area contributed by atoms with E-state index in [1.165, 1.54) is 12.1 Å². The molecule has 1 rings (SSSR count). The lowest BCUT2D eigenvalue weighted by Gasteiger charge is -2.03. The molecule has 0 spiro atoms. The standard InChI is InChI=1S/C9H8N2O3S/c10-7-6-9(12)11-15(13,14)8-4-2-1-3-5-8/h1-5H,6H2,(H,11,12). The molecule has 1 N–H and O–H groups in total. The fraction of sp³-hybridized carbons (Fsp3) is 0.111. The number of sulfonamides is 1. The van der Waals surface area contributed by atoms with Gasteiger partial charge in [0.1, 0.15) is 6.42 Å². The van der Waals surface area contributed by atoms with Crippen molar-refractivity contribution >= 4 is 15.9 Å². The van der Waals surface area contributed by atoms with E-state index < -0.39 is 22.4 Å². The molecule has 1 aromatic carbocycles. The Hall–Kier alpha value is -1.87. The van der Waals surface area contributed by atoms with Gasteiger partial charge in [-0.2, -0.15) is 5.26 Å². The number of carbonyl (C=O) groups excluding carboxylic acids is 1. The highest BCUT2D eigenvalue weighted by Gasteiger charge is 2.16. The zero-order chi connectivity index (χ0) is 11.3. The summed E-state index contributed by atoms with van der Waals surface area (Å²) in [5.74, 6) is -0.832. The van der Waals surface area contributed by atoms with Crippen LogP contribution in [0.2, 0.25) is 0 Å². The quantitative estimate of drug-likeness (QED) is 0.805. The van der Waals surface area contributed by atoms with Gasteiger partial charge >= 0.3 is 0 Å². The first-order valence-electron chi connectivity index (χ1n) is 4.04. The molecule has 0 heterocycles. The van der Waals surface area contributed by atoms with E-state index in [-0.39, 0.29) is 4.90 Å². The van der Waals surface area contributed by atoms with Crippen LogP contribution in [0.4, 0.5) is 0 Å². The molecule has 0 saturated carbocycles. The molecule has 0 unspecified atom stereocenters. The summed E-state index contributed by atoms with van der Waals surface area (Å²) in [5.41, 5.74) is 0. The van der Waals surface area contributed by atoms with Crippen LogP contribution in [0.3, 0.4) is 0 Å². The van der Waals surface area contributed by atoms with Gasteiger partial charge in [0.2, 0.25) is 5.91 Å². The zero-order valence-electron chi connectivity index (χ0n) is 7.67. The van der Waals surface area contributed by atoms with Crippen LogP contribution in [-0.2, 0) is 14.8 Å². The Morgan fingerprint density at radius 1 is 1.33 bits per heavy atom. The van der Waals surface area contributed by atoms with E-state index in [0.29, 0.717) is 0 Å². The highest BCUT2D eigenvalue weighted by atomic mass is 32.2. The van der Waals surface area contributed by atoms with Gasteiger partial charge in [-0.05, 0) is 12.1 Å². The summed E-state index contributed by atoms with van der Waals surface area (Å²) in [7, 11) is -3.83. The highest BCUT2D eigenvalue weighted by Crippen LogP contribution is 2.06. The maximum Gasteiger partial charge on any atom is 0.264 e. The molecule has 0 radical (unpaired) electrons. The van der Waals surface area contributed by atoms with Gasteiger partial charge in [0, 0.05) is 0 Å². The summed E-state index contributed by atoms with van der Waals surface area (Å²) < 4.78 is 24.7. The van der Waals surface area contributed by atoms with Gasteiger partial charge in [0.25, 0.3) is 10.0 Å². The first kappa shape index (κ1) is 11.2. The van der Waals surface area contributed by atoms with Crippen molar-refractivity contribution in [3.63, 3.8) is 0 Å². The van der Waals surface area contributed by atoms with Gasteiger partial charge in [-0.15, -0.1) is 0 Å². The lowest BCUT2D eigenvalue weighted by Crippen LogP contribution is -2.29. The predicted molar refractivity (Wildman–Crippen MR) is 52.0 cm³/mol. The molecule has 6 heteroatoms. The maximum absolute atomic E-state index is 11.5. The summed E-state index contributed by atoms with van der Waals surface area (Å²) in [6.45, 7) is 0. The number of amides is 1. The third kappa shape index (κ3) is 3.07. The molecule has 0 aliphatic heterocycles. The number of nitriles is 1. The van der Waals surface area contributed by atoms with Gasteiger partial charge in [-0.1, -0.05) is 18.2 Å². The normalized spacial score (nSPS) is 10.3. The molecule has 0 saturated heterocycles. The average molecular weight is 224 g/mol. The van der Waals surface area contributed by atoms with Crippen molar-refractivity contribution in [3.05, 3.63) is 30.3 Å². The molecule has 0 aromatic heterocycles. The van der Waals surface area contributed by atoms with E-state index in [9.17, 15) is 13.2 Å². The molecular weight excluding hydrogens is 216 g/mol. The maximum atomic E-state index is 11.5. The minimum atomic E-state index is -3.83. The molecule has 1 aromatic rings. The molecule has 15 heavy (non-hydrogen) atoms. The van der Waals surface area contributed by atoms with Gasteiger partial charge in [0.15, 0.2) is 0 Å². The van der Waals surface area contributed by atoms with Gasteiger partial charge in [0.05, 0.1) is 11.0 Å². The minimum absolute atomic E-state index is 0.00344. The first-order chi connectivity index (χ1) is 7.06. The van der Waals surface area contributed by atoms with Gasteiger partial charge in [-0.3, -0.25) is 4.79 Å². The van der Waals surface area contributed by atoms with E-state index in [1.54, 1.807) is 29.0 Å². The second-order valence-corrected chi connectivity index (χ2v) is 4.36. The predicted octanol–water partition coefficient (Wildman–Crippen LogP) is 0.405. The number of hydrogen-bond donors (Lipinski definition) is 1. The van der Waals surface area contributed by atoms with Gasteiger partial charge in [-0.25, -0.2) is 13.1 Å². The summed E-state index contributed by atoms with van der Waals surface area (Å²) in [6.07, 6.45) is -0.480. The summed E-state index contributed by atoms with van der Waals surface area (Å²) in [5, 5.41) is 8.20. The van der Waals surface area contributed by atoms with Crippen LogP contribution in [0.25, 0.3) is 0 Å². The van der Waals surface area contributed by atoms with E-state index in [0.717, 1.165) is 0 Å². The van der Waals surface area contributed by atoms with Gasteiger partial charge < -0.3 is 0 Å². The Bertz CT molecular complexity index is 488. The molecule has 0 atom stereocenters. The van der Waals surface area contributed by atoms with Crippen LogP contribution >= 0.6 is 0 Å². The molecule has 1 amide bonds. The van der Waals surface area contributed by atoms with Crippen LogP contribution in [0, 0.1) is 11.3 Å². The summed E-state index contributed by atoms with van der Waals surface area (Å²) in [6, 6.07) is 9.04. The Balaban J connectivity index is 2.87. The van der Waals surface area contributed by atoms with E-state index >= 15 is 0 Å². The second kappa shape index (κ2) is 4.57. The smallest absolute Gasteiger partial charge is 0.264 e. The van der Waals surface area contributed by atoms with E-state index in [4.69, 9.17) is 5.26 Å². The molecule has 0 aliphatic carbocycles. The van der Waals surface area contributed by atoms with Crippen LogP contribution < -0.4 is 4.72 Å². The average Bonchev–Trinajstić information content (AvgIpc) is 2.18. The first-order valence-corrected chi connectivity index (χ1v) is 5.52. The van der Waals surface area contributed by atoms with Crippen LogP contribution in [0.5, 0.6) is 0 Å². The zero-order valence-corrected chi connectivity index (χ0v) is 8.49. The van der Waals surface area contributed by atoms with E-state index in [1.807, 2.05) is 0 Å². The van der Waals surface area contributed by atoms with E-state index in [2.05, 4.69) is 0 Å². The second-order valence-electron chi connectivity index (χ2n) is 2.68. The Morgan fingerprint density at radius 2 is 1.93 bits per heavy atom. The Kier molecular flexibility index (Phi) is 3.42. The topological polar surface area (TPSA) is 87.0 Å². The molecule has 5 nitrogen and oxygen atoms in total. The van der Waals surface area contributed by atoms with Crippen molar-refractivity contribution in [2.24, 2.45) is 0 Å². The lowest BCUT2D eigenvalue weighted by atomic mass is 10.4. The molecular formula is C9H8N2O3S. The van der Waals surface area contributed by atoms with Crippen molar-refractivity contribution in [1.29, 1.82) is 5.26 Å². The highest BCUT2D eigenvalue weighted by molar-refractivity contribution is 7.90. The van der Waals surface area contributed by atoms with Crippen molar-refractivity contribution < 1.29 is 13.2 Å². The molecule has 0 bridgehead atoms. The number of hydrogen-bond acceptors (Lipinski definition) is 4. The largest absolute Gasteiger partial charge is 0.273 e. The number of nitrogens with zero attached hydrogens (tertiary/aromatic N) is 1. The lowest BCUT2D eigenvalue weighted by molar-refractivity contribution is -0.118. The SMILES string of the molecule is N#CCC(=O)NS(=O)(=O)c1ccccc1. The fourth-order valence-electron chi connectivity index (χ4n) is 0.916. The van der Waals surface area contributed by atoms with Crippen molar-refractivity contribution in [2.75, 3.05) is 0 Å².